The molecule has 142 valence electrons. The van der Waals surface area contributed by atoms with Gasteiger partial charge in [0, 0.05) is 18.0 Å². The highest BCUT2D eigenvalue weighted by molar-refractivity contribution is 7.92. The first-order valence-corrected chi connectivity index (χ1v) is 11.9. The van der Waals surface area contributed by atoms with Gasteiger partial charge in [-0.3, -0.25) is 0 Å². The molecule has 0 aliphatic carbocycles. The lowest BCUT2D eigenvalue weighted by Gasteiger charge is -2.20. The van der Waals surface area contributed by atoms with E-state index in [0.717, 1.165) is 10.4 Å². The van der Waals surface area contributed by atoms with Crippen LogP contribution in [0.1, 0.15) is 16.5 Å². The lowest BCUT2D eigenvalue weighted by atomic mass is 10.2. The minimum absolute atomic E-state index is 0.0534. The maximum atomic E-state index is 13.9. The molecule has 1 aliphatic heterocycles. The van der Waals surface area contributed by atoms with Gasteiger partial charge >= 0.3 is 0 Å². The van der Waals surface area contributed by atoms with Crippen molar-refractivity contribution in [3.8, 4) is 5.75 Å². The van der Waals surface area contributed by atoms with E-state index in [2.05, 4.69) is 0 Å². The van der Waals surface area contributed by atoms with Crippen LogP contribution < -0.4 is 4.74 Å². The van der Waals surface area contributed by atoms with Gasteiger partial charge in [-0.1, -0.05) is 6.07 Å². The van der Waals surface area contributed by atoms with Crippen LogP contribution in [0.5, 0.6) is 5.75 Å². The van der Waals surface area contributed by atoms with Gasteiger partial charge in [-0.25, -0.2) is 21.2 Å². The van der Waals surface area contributed by atoms with Gasteiger partial charge in [-0.15, -0.1) is 11.3 Å². The third-order valence-corrected chi connectivity index (χ3v) is 9.46. The summed E-state index contributed by atoms with van der Waals surface area (Å²) >= 11 is 1.34. The zero-order chi connectivity index (χ0) is 18.9. The van der Waals surface area contributed by atoms with Crippen molar-refractivity contribution in [3.63, 3.8) is 0 Å². The molecule has 10 heteroatoms. The summed E-state index contributed by atoms with van der Waals surface area (Å²) in [5.74, 6) is -1.11. The van der Waals surface area contributed by atoms with E-state index in [0.29, 0.717) is 4.88 Å². The SMILES string of the molecule is COc1ccc(S(=O)(=O)N2CCC(c3cccs3)S(=O)(=O)CC2)cc1F. The molecule has 0 bridgehead atoms. The molecular formula is C16H18FNO5S3. The van der Waals surface area contributed by atoms with E-state index >= 15 is 0 Å². The van der Waals surface area contributed by atoms with Gasteiger partial charge in [0.2, 0.25) is 10.0 Å². The van der Waals surface area contributed by atoms with Gasteiger partial charge in [0.25, 0.3) is 0 Å². The quantitative estimate of drug-likeness (QED) is 0.760. The summed E-state index contributed by atoms with van der Waals surface area (Å²) in [5, 5.41) is 1.08. The first-order chi connectivity index (χ1) is 12.3. The lowest BCUT2D eigenvalue weighted by molar-refractivity contribution is 0.385. The maximum absolute atomic E-state index is 13.9. The second kappa shape index (κ2) is 7.26. The third kappa shape index (κ3) is 3.64. The van der Waals surface area contributed by atoms with Crippen molar-refractivity contribution in [2.45, 2.75) is 16.6 Å². The van der Waals surface area contributed by atoms with Crippen LogP contribution >= 0.6 is 11.3 Å². The zero-order valence-electron chi connectivity index (χ0n) is 14.0. The summed E-state index contributed by atoms with van der Waals surface area (Å²) in [4.78, 5) is 0.488. The van der Waals surface area contributed by atoms with E-state index in [4.69, 9.17) is 4.74 Å². The van der Waals surface area contributed by atoms with Crippen molar-refractivity contribution < 1.29 is 26.0 Å². The average molecular weight is 420 g/mol. The van der Waals surface area contributed by atoms with Crippen molar-refractivity contribution in [1.82, 2.24) is 4.31 Å². The molecular weight excluding hydrogens is 401 g/mol. The lowest BCUT2D eigenvalue weighted by Crippen LogP contribution is -2.33. The Labute approximate surface area is 156 Å². The number of rotatable bonds is 4. The van der Waals surface area contributed by atoms with Crippen LogP contribution in [0.3, 0.4) is 0 Å². The Hall–Kier alpha value is -1.49. The van der Waals surface area contributed by atoms with Gasteiger partial charge in [-0.2, -0.15) is 4.31 Å². The van der Waals surface area contributed by atoms with Crippen LogP contribution in [-0.2, 0) is 19.9 Å². The highest BCUT2D eigenvalue weighted by atomic mass is 32.2. The van der Waals surface area contributed by atoms with Gasteiger partial charge in [-0.05, 0) is 36.1 Å². The molecule has 1 saturated heterocycles. The number of sulfone groups is 1. The van der Waals surface area contributed by atoms with Crippen molar-refractivity contribution in [2.75, 3.05) is 26.0 Å². The normalized spacial score (nSPS) is 21.2. The fourth-order valence-electron chi connectivity index (χ4n) is 2.91. The number of methoxy groups -OCH3 is 1. The standard InChI is InChI=1S/C16H18FNO5S3/c1-23-14-5-4-12(11-13(14)17)26(21,22)18-7-6-16(15-3-2-9-24-15)25(19,20)10-8-18/h2-5,9,11,16H,6-8,10H2,1H3. The fourth-order valence-corrected chi connectivity index (χ4v) is 7.50. The molecule has 6 nitrogen and oxygen atoms in total. The number of sulfonamides is 1. The molecule has 0 radical (unpaired) electrons. The molecule has 1 aliphatic rings. The van der Waals surface area contributed by atoms with Crippen molar-refractivity contribution in [2.24, 2.45) is 0 Å². The first kappa shape index (κ1) is 19.3. The van der Waals surface area contributed by atoms with E-state index in [1.807, 2.05) is 0 Å². The van der Waals surface area contributed by atoms with Crippen molar-refractivity contribution in [3.05, 3.63) is 46.4 Å². The van der Waals surface area contributed by atoms with Gasteiger partial charge < -0.3 is 4.74 Å². The number of hydrogen-bond donors (Lipinski definition) is 0. The van der Waals surface area contributed by atoms with Gasteiger partial charge in [0.05, 0.1) is 23.0 Å². The Bertz CT molecular complexity index is 987. The summed E-state index contributed by atoms with van der Waals surface area (Å²) < 4.78 is 70.6. The highest BCUT2D eigenvalue weighted by Crippen LogP contribution is 2.34. The predicted molar refractivity (Wildman–Crippen MR) is 97.2 cm³/mol. The molecule has 0 saturated carbocycles. The molecule has 0 spiro atoms. The molecule has 1 aromatic carbocycles. The molecule has 3 rings (SSSR count). The summed E-state index contributed by atoms with van der Waals surface area (Å²) in [6, 6.07) is 6.91. The van der Waals surface area contributed by atoms with E-state index in [9.17, 15) is 21.2 Å². The first-order valence-electron chi connectivity index (χ1n) is 7.84. The largest absolute Gasteiger partial charge is 0.494 e. The molecule has 1 atom stereocenters. The molecule has 2 aromatic rings. The van der Waals surface area contributed by atoms with Crippen LogP contribution in [0, 0.1) is 5.82 Å². The third-order valence-electron chi connectivity index (χ3n) is 4.32. The Kier molecular flexibility index (Phi) is 5.38. The van der Waals surface area contributed by atoms with Crippen LogP contribution in [0.2, 0.25) is 0 Å². The number of nitrogens with zero attached hydrogens (tertiary/aromatic N) is 1. The number of hydrogen-bond acceptors (Lipinski definition) is 6. The van der Waals surface area contributed by atoms with Gasteiger partial charge in [0.15, 0.2) is 21.4 Å². The average Bonchev–Trinajstić information content (AvgIpc) is 3.05. The second-order valence-electron chi connectivity index (χ2n) is 5.86. The van der Waals surface area contributed by atoms with E-state index in [1.54, 1.807) is 17.5 Å². The fraction of sp³-hybridized carbons (Fsp3) is 0.375. The molecule has 2 heterocycles. The van der Waals surface area contributed by atoms with Crippen LogP contribution in [0.15, 0.2) is 40.6 Å². The number of halogens is 1. The summed E-state index contributed by atoms with van der Waals surface area (Å²) in [6.45, 7) is -0.0992. The van der Waals surface area contributed by atoms with Crippen molar-refractivity contribution >= 4 is 31.2 Å². The molecule has 1 fully saturated rings. The van der Waals surface area contributed by atoms with Crippen LogP contribution in [0.25, 0.3) is 0 Å². The van der Waals surface area contributed by atoms with E-state index in [-0.39, 0.29) is 35.9 Å². The van der Waals surface area contributed by atoms with E-state index < -0.39 is 30.9 Å². The minimum Gasteiger partial charge on any atom is -0.494 e. The molecule has 0 N–H and O–H groups in total. The molecule has 1 unspecified atom stereocenters. The van der Waals surface area contributed by atoms with E-state index in [1.165, 1.54) is 30.6 Å². The Morgan fingerprint density at radius 3 is 2.65 bits per heavy atom. The molecule has 0 amide bonds. The Morgan fingerprint density at radius 1 is 1.27 bits per heavy atom. The summed E-state index contributed by atoms with van der Waals surface area (Å²) in [7, 11) is -6.18. The monoisotopic (exact) mass is 419 g/mol. The predicted octanol–water partition coefficient (Wildman–Crippen LogP) is 2.45. The Balaban J connectivity index is 1.89. The highest BCUT2D eigenvalue weighted by Gasteiger charge is 2.36. The van der Waals surface area contributed by atoms with Crippen LogP contribution in [-0.4, -0.2) is 47.1 Å². The topological polar surface area (TPSA) is 80.8 Å². The number of ether oxygens (including phenoxy) is 1. The van der Waals surface area contributed by atoms with Gasteiger partial charge in [0.1, 0.15) is 0 Å². The zero-order valence-corrected chi connectivity index (χ0v) is 16.4. The summed E-state index contributed by atoms with van der Waals surface area (Å²) in [5.41, 5.74) is 0. The number of thiophene rings is 1. The maximum Gasteiger partial charge on any atom is 0.243 e. The Morgan fingerprint density at radius 2 is 2.04 bits per heavy atom. The number of benzene rings is 1. The van der Waals surface area contributed by atoms with Crippen molar-refractivity contribution in [1.29, 1.82) is 0 Å². The van der Waals surface area contributed by atoms with Crippen LogP contribution in [0.4, 0.5) is 4.39 Å². The molecule has 1 aromatic heterocycles. The second-order valence-corrected chi connectivity index (χ2v) is 11.1. The summed E-state index contributed by atoms with van der Waals surface area (Å²) in [6.07, 6.45) is 0.167. The molecule has 26 heavy (non-hydrogen) atoms. The minimum atomic E-state index is -4.00. The smallest absolute Gasteiger partial charge is 0.243 e.